The molecule has 0 saturated heterocycles. The first-order chi connectivity index (χ1) is 7.09. The molecule has 2 rings (SSSR count). The zero-order valence-corrected chi connectivity index (χ0v) is 10.4. The first-order valence-electron chi connectivity index (χ1n) is 5.37. The van der Waals surface area contributed by atoms with Gasteiger partial charge in [-0.15, -0.1) is 11.3 Å². The van der Waals surface area contributed by atoms with E-state index in [1.165, 1.54) is 11.3 Å². The van der Waals surface area contributed by atoms with Gasteiger partial charge in [0.1, 0.15) is 10.6 Å². The molecule has 1 aromatic rings. The monoisotopic (exact) mass is 226 g/mol. The highest BCUT2D eigenvalue weighted by molar-refractivity contribution is 7.12. The van der Waals surface area contributed by atoms with Gasteiger partial charge in [-0.2, -0.15) is 0 Å². The summed E-state index contributed by atoms with van der Waals surface area (Å²) >= 11 is 1.71. The number of rotatable bonds is 3. The van der Waals surface area contributed by atoms with Gasteiger partial charge < -0.3 is 10.5 Å². The van der Waals surface area contributed by atoms with Crippen molar-refractivity contribution >= 4 is 11.3 Å². The van der Waals surface area contributed by atoms with Gasteiger partial charge in [-0.1, -0.05) is 0 Å². The fourth-order valence-electron chi connectivity index (χ4n) is 2.03. The molecule has 1 fully saturated rings. The van der Waals surface area contributed by atoms with Crippen LogP contribution in [0.3, 0.4) is 0 Å². The molecule has 2 N–H and O–H groups in total. The summed E-state index contributed by atoms with van der Waals surface area (Å²) in [7, 11) is 1.78. The molecule has 1 saturated carbocycles. The average Bonchev–Trinajstić information content (AvgIpc) is 2.47. The Kier molecular flexibility index (Phi) is 2.83. The summed E-state index contributed by atoms with van der Waals surface area (Å²) in [4.78, 5) is 5.80. The first-order valence-corrected chi connectivity index (χ1v) is 6.19. The Balaban J connectivity index is 2.33. The highest BCUT2D eigenvalue weighted by Crippen LogP contribution is 2.46. The molecule has 0 radical (unpaired) electrons. The quantitative estimate of drug-likeness (QED) is 0.861. The number of methoxy groups -OCH3 is 1. The second-order valence-corrected chi connectivity index (χ2v) is 5.34. The third-order valence-corrected chi connectivity index (χ3v) is 4.73. The molecule has 3 nitrogen and oxygen atoms in total. The molecule has 1 aliphatic rings. The molecule has 1 aromatic heterocycles. The van der Waals surface area contributed by atoms with Gasteiger partial charge >= 0.3 is 0 Å². The smallest absolute Gasteiger partial charge is 0.125 e. The van der Waals surface area contributed by atoms with Gasteiger partial charge in [-0.25, -0.2) is 4.98 Å². The molecule has 1 atom stereocenters. The van der Waals surface area contributed by atoms with E-state index in [2.05, 4.69) is 4.98 Å². The van der Waals surface area contributed by atoms with E-state index in [0.29, 0.717) is 0 Å². The number of aromatic nitrogens is 1. The molecular formula is C11H18N2OS. The molecule has 0 spiro atoms. The molecule has 15 heavy (non-hydrogen) atoms. The van der Waals surface area contributed by atoms with Crippen LogP contribution in [-0.2, 0) is 10.3 Å². The average molecular weight is 226 g/mol. The Labute approximate surface area is 94.7 Å². The van der Waals surface area contributed by atoms with E-state index in [9.17, 15) is 0 Å². The Morgan fingerprint density at radius 2 is 2.20 bits per heavy atom. The maximum absolute atomic E-state index is 5.90. The lowest BCUT2D eigenvalue weighted by atomic mass is 9.80. The van der Waals surface area contributed by atoms with Crippen molar-refractivity contribution in [1.82, 2.24) is 4.98 Å². The molecule has 1 aliphatic carbocycles. The topological polar surface area (TPSA) is 48.1 Å². The van der Waals surface area contributed by atoms with Crippen LogP contribution in [-0.4, -0.2) is 12.1 Å². The number of nitrogens with zero attached hydrogens (tertiary/aromatic N) is 1. The van der Waals surface area contributed by atoms with Crippen LogP contribution in [0.15, 0.2) is 0 Å². The van der Waals surface area contributed by atoms with Crippen molar-refractivity contribution < 1.29 is 4.74 Å². The summed E-state index contributed by atoms with van der Waals surface area (Å²) in [5, 5.41) is 1.11. The van der Waals surface area contributed by atoms with Gasteiger partial charge in [-0.05, 0) is 33.1 Å². The van der Waals surface area contributed by atoms with Gasteiger partial charge in [0.25, 0.3) is 0 Å². The minimum absolute atomic E-state index is 0.0743. The molecule has 0 amide bonds. The lowest BCUT2D eigenvalue weighted by Gasteiger charge is -2.38. The van der Waals surface area contributed by atoms with Gasteiger partial charge in [-0.3, -0.25) is 0 Å². The largest absolute Gasteiger partial charge is 0.371 e. The van der Waals surface area contributed by atoms with E-state index >= 15 is 0 Å². The molecular weight excluding hydrogens is 208 g/mol. The van der Waals surface area contributed by atoms with Gasteiger partial charge in [0.2, 0.25) is 0 Å². The Morgan fingerprint density at radius 3 is 2.53 bits per heavy atom. The minimum atomic E-state index is -0.0947. The second kappa shape index (κ2) is 3.85. The van der Waals surface area contributed by atoms with Gasteiger partial charge in [0.05, 0.1) is 5.69 Å². The summed E-state index contributed by atoms with van der Waals surface area (Å²) in [6, 6.07) is 0.0743. The van der Waals surface area contributed by atoms with Crippen LogP contribution in [0.2, 0.25) is 0 Å². The van der Waals surface area contributed by atoms with Crippen molar-refractivity contribution in [3.05, 3.63) is 15.6 Å². The van der Waals surface area contributed by atoms with E-state index in [-0.39, 0.29) is 11.6 Å². The van der Waals surface area contributed by atoms with Crippen molar-refractivity contribution in [1.29, 1.82) is 0 Å². The van der Waals surface area contributed by atoms with Crippen LogP contribution in [0.1, 0.15) is 47.8 Å². The fourth-order valence-corrected chi connectivity index (χ4v) is 3.27. The number of aryl methyl sites for hydroxylation is 1. The summed E-state index contributed by atoms with van der Waals surface area (Å²) in [6.07, 6.45) is 3.42. The van der Waals surface area contributed by atoms with E-state index < -0.39 is 0 Å². The summed E-state index contributed by atoms with van der Waals surface area (Å²) in [5.41, 5.74) is 6.87. The predicted molar refractivity (Wildman–Crippen MR) is 62.0 cm³/mol. The minimum Gasteiger partial charge on any atom is -0.371 e. The lowest BCUT2D eigenvalue weighted by molar-refractivity contribution is -0.0780. The SMILES string of the molecule is COC1(c2nc(C)c(C(C)N)s2)CCC1. The van der Waals surface area contributed by atoms with Crippen molar-refractivity contribution in [2.24, 2.45) is 5.73 Å². The fraction of sp³-hybridized carbons (Fsp3) is 0.727. The zero-order valence-electron chi connectivity index (χ0n) is 9.54. The molecule has 1 unspecified atom stereocenters. The number of hydrogen-bond acceptors (Lipinski definition) is 4. The normalized spacial score (nSPS) is 21.1. The summed E-state index contributed by atoms with van der Waals surface area (Å²) < 4.78 is 5.61. The van der Waals surface area contributed by atoms with Crippen LogP contribution >= 0.6 is 11.3 Å². The number of ether oxygens (including phenoxy) is 1. The highest BCUT2D eigenvalue weighted by Gasteiger charge is 2.42. The Hall–Kier alpha value is -0.450. The van der Waals surface area contributed by atoms with E-state index in [0.717, 1.165) is 23.5 Å². The van der Waals surface area contributed by atoms with Crippen molar-refractivity contribution in [2.45, 2.75) is 44.8 Å². The molecule has 0 aliphatic heterocycles. The van der Waals surface area contributed by atoms with Crippen molar-refractivity contribution in [3.63, 3.8) is 0 Å². The van der Waals surface area contributed by atoms with Crippen molar-refractivity contribution in [2.75, 3.05) is 7.11 Å². The van der Waals surface area contributed by atoms with E-state index in [4.69, 9.17) is 10.5 Å². The highest BCUT2D eigenvalue weighted by atomic mass is 32.1. The Morgan fingerprint density at radius 1 is 1.53 bits per heavy atom. The van der Waals surface area contributed by atoms with E-state index in [1.54, 1.807) is 18.4 Å². The third kappa shape index (κ3) is 1.71. The number of nitrogens with two attached hydrogens (primary N) is 1. The number of hydrogen-bond donors (Lipinski definition) is 1. The molecule has 4 heteroatoms. The predicted octanol–water partition coefficient (Wildman–Crippen LogP) is 2.50. The lowest BCUT2D eigenvalue weighted by Crippen LogP contribution is -2.35. The molecule has 0 bridgehead atoms. The Bertz CT molecular complexity index is 350. The van der Waals surface area contributed by atoms with Crippen LogP contribution in [0, 0.1) is 6.92 Å². The standard InChI is InChI=1S/C11H18N2OS/c1-7(12)9-8(2)13-10(15-9)11(14-3)5-4-6-11/h7H,4-6,12H2,1-3H3. The van der Waals surface area contributed by atoms with Crippen molar-refractivity contribution in [3.8, 4) is 0 Å². The second-order valence-electron chi connectivity index (χ2n) is 4.31. The first kappa shape index (κ1) is 11.0. The van der Waals surface area contributed by atoms with Gasteiger partial charge in [0.15, 0.2) is 0 Å². The van der Waals surface area contributed by atoms with Gasteiger partial charge in [0, 0.05) is 18.0 Å². The van der Waals surface area contributed by atoms with Crippen LogP contribution in [0.5, 0.6) is 0 Å². The molecule has 0 aromatic carbocycles. The maximum Gasteiger partial charge on any atom is 0.125 e. The molecule has 1 heterocycles. The summed E-state index contributed by atoms with van der Waals surface area (Å²) in [6.45, 7) is 4.03. The summed E-state index contributed by atoms with van der Waals surface area (Å²) in [5.74, 6) is 0. The molecule has 84 valence electrons. The number of thiazole rings is 1. The van der Waals surface area contributed by atoms with Crippen LogP contribution in [0.4, 0.5) is 0 Å². The maximum atomic E-state index is 5.90. The van der Waals surface area contributed by atoms with Crippen LogP contribution in [0.25, 0.3) is 0 Å². The van der Waals surface area contributed by atoms with Crippen LogP contribution < -0.4 is 5.73 Å². The van der Waals surface area contributed by atoms with E-state index in [1.807, 2.05) is 13.8 Å². The third-order valence-electron chi connectivity index (χ3n) is 3.19. The zero-order chi connectivity index (χ0) is 11.1.